The molecule has 1 amide bonds. The van der Waals surface area contributed by atoms with Crippen LogP contribution in [0.1, 0.15) is 40.5 Å². The molecule has 0 atom stereocenters. The SMILES string of the molecule is CCCC(=O)Nc1ccc(C(=O)COC(=O)c2cccc(N(C)C)c2)cc1. The average Bonchev–Trinajstić information content (AvgIpc) is 2.66. The second kappa shape index (κ2) is 9.52. The second-order valence-electron chi connectivity index (χ2n) is 6.32. The summed E-state index contributed by atoms with van der Waals surface area (Å²) < 4.78 is 5.13. The molecule has 0 aromatic heterocycles. The van der Waals surface area contributed by atoms with Crippen molar-refractivity contribution in [1.82, 2.24) is 0 Å². The number of hydrogen-bond donors (Lipinski definition) is 1. The largest absolute Gasteiger partial charge is 0.454 e. The molecule has 0 aliphatic heterocycles. The summed E-state index contributed by atoms with van der Waals surface area (Å²) in [5, 5.41) is 2.76. The van der Waals surface area contributed by atoms with E-state index in [1.807, 2.05) is 32.0 Å². The molecule has 2 rings (SSSR count). The fourth-order valence-corrected chi connectivity index (χ4v) is 2.40. The number of benzene rings is 2. The first-order valence-corrected chi connectivity index (χ1v) is 8.78. The van der Waals surface area contributed by atoms with E-state index in [4.69, 9.17) is 4.74 Å². The van der Waals surface area contributed by atoms with Gasteiger partial charge in [-0.25, -0.2) is 4.79 Å². The Bertz CT molecular complexity index is 813. The molecule has 0 saturated carbocycles. The number of rotatable bonds is 8. The number of nitrogens with one attached hydrogen (secondary N) is 1. The predicted molar refractivity (Wildman–Crippen MR) is 105 cm³/mol. The molecule has 0 bridgehead atoms. The monoisotopic (exact) mass is 368 g/mol. The van der Waals surface area contributed by atoms with E-state index in [0.29, 0.717) is 23.2 Å². The van der Waals surface area contributed by atoms with Gasteiger partial charge in [-0.2, -0.15) is 0 Å². The van der Waals surface area contributed by atoms with E-state index < -0.39 is 5.97 Å². The summed E-state index contributed by atoms with van der Waals surface area (Å²) >= 11 is 0. The Labute approximate surface area is 159 Å². The first-order chi connectivity index (χ1) is 12.9. The molecule has 2 aromatic carbocycles. The van der Waals surface area contributed by atoms with Gasteiger partial charge in [-0.1, -0.05) is 13.0 Å². The van der Waals surface area contributed by atoms with Gasteiger partial charge in [0.2, 0.25) is 5.91 Å². The van der Waals surface area contributed by atoms with Crippen LogP contribution in [0.15, 0.2) is 48.5 Å². The lowest BCUT2D eigenvalue weighted by molar-refractivity contribution is -0.116. The standard InChI is InChI=1S/C21H24N2O4/c1-4-6-20(25)22-17-11-9-15(10-12-17)19(24)14-27-21(26)16-7-5-8-18(13-16)23(2)3/h5,7-13H,4,6,14H2,1-3H3,(H,22,25). The number of ether oxygens (including phenoxy) is 1. The van der Waals surface area contributed by atoms with Crippen molar-refractivity contribution in [2.24, 2.45) is 0 Å². The van der Waals surface area contributed by atoms with E-state index in [1.165, 1.54) is 0 Å². The molecule has 0 heterocycles. The van der Waals surface area contributed by atoms with Gasteiger partial charge in [0.15, 0.2) is 12.4 Å². The van der Waals surface area contributed by atoms with Gasteiger partial charge in [0, 0.05) is 37.5 Å². The molecule has 0 aliphatic rings. The van der Waals surface area contributed by atoms with Crippen LogP contribution in [-0.2, 0) is 9.53 Å². The van der Waals surface area contributed by atoms with Crippen molar-refractivity contribution >= 4 is 29.0 Å². The Hall–Kier alpha value is -3.15. The summed E-state index contributed by atoms with van der Waals surface area (Å²) in [6.07, 6.45) is 1.22. The summed E-state index contributed by atoms with van der Waals surface area (Å²) in [5.41, 5.74) is 2.31. The number of anilines is 2. The zero-order valence-electron chi connectivity index (χ0n) is 15.8. The van der Waals surface area contributed by atoms with E-state index in [1.54, 1.807) is 42.5 Å². The molecule has 6 nitrogen and oxygen atoms in total. The van der Waals surface area contributed by atoms with Crippen molar-refractivity contribution < 1.29 is 19.1 Å². The van der Waals surface area contributed by atoms with E-state index in [0.717, 1.165) is 12.1 Å². The fourth-order valence-electron chi connectivity index (χ4n) is 2.40. The molecule has 0 unspecified atom stereocenters. The van der Waals surface area contributed by atoms with E-state index in [-0.39, 0.29) is 18.3 Å². The zero-order chi connectivity index (χ0) is 19.8. The fraction of sp³-hybridized carbons (Fsp3) is 0.286. The lowest BCUT2D eigenvalue weighted by Crippen LogP contribution is -2.15. The first-order valence-electron chi connectivity index (χ1n) is 8.78. The van der Waals surface area contributed by atoms with Gasteiger partial charge in [-0.15, -0.1) is 0 Å². The molecule has 142 valence electrons. The normalized spacial score (nSPS) is 10.2. The van der Waals surface area contributed by atoms with Crippen molar-refractivity contribution in [3.05, 3.63) is 59.7 Å². The van der Waals surface area contributed by atoms with E-state index >= 15 is 0 Å². The molecule has 0 saturated heterocycles. The molecule has 0 spiro atoms. The molecule has 27 heavy (non-hydrogen) atoms. The van der Waals surface area contributed by atoms with Gasteiger partial charge in [-0.3, -0.25) is 9.59 Å². The molecule has 2 aromatic rings. The van der Waals surface area contributed by atoms with Gasteiger partial charge in [0.25, 0.3) is 0 Å². The number of amides is 1. The molecular formula is C21H24N2O4. The van der Waals surface area contributed by atoms with Crippen LogP contribution in [0.4, 0.5) is 11.4 Å². The minimum Gasteiger partial charge on any atom is -0.454 e. The van der Waals surface area contributed by atoms with Crippen LogP contribution in [0.25, 0.3) is 0 Å². The van der Waals surface area contributed by atoms with Gasteiger partial charge in [-0.05, 0) is 48.9 Å². The van der Waals surface area contributed by atoms with Crippen molar-refractivity contribution in [3.8, 4) is 0 Å². The van der Waals surface area contributed by atoms with Gasteiger partial charge in [0.1, 0.15) is 0 Å². The smallest absolute Gasteiger partial charge is 0.338 e. The maximum Gasteiger partial charge on any atom is 0.338 e. The second-order valence-corrected chi connectivity index (χ2v) is 6.32. The Kier molecular flexibility index (Phi) is 7.11. The van der Waals surface area contributed by atoms with Gasteiger partial charge >= 0.3 is 5.97 Å². The molecule has 6 heteroatoms. The topological polar surface area (TPSA) is 75.7 Å². The van der Waals surface area contributed by atoms with Crippen LogP contribution in [-0.4, -0.2) is 38.4 Å². The number of carbonyl (C=O) groups excluding carboxylic acids is 3. The molecule has 1 N–H and O–H groups in total. The van der Waals surface area contributed by atoms with E-state index in [9.17, 15) is 14.4 Å². The van der Waals surface area contributed by atoms with E-state index in [2.05, 4.69) is 5.32 Å². The number of hydrogen-bond acceptors (Lipinski definition) is 5. The predicted octanol–water partition coefficient (Wildman–Crippen LogP) is 3.53. The summed E-state index contributed by atoms with van der Waals surface area (Å²) in [4.78, 5) is 37.8. The van der Waals surface area contributed by atoms with Crippen molar-refractivity contribution in [3.63, 3.8) is 0 Å². The lowest BCUT2D eigenvalue weighted by atomic mass is 10.1. The number of nitrogens with zero attached hydrogens (tertiary/aromatic N) is 1. The van der Waals surface area contributed by atoms with Crippen LogP contribution < -0.4 is 10.2 Å². The molecular weight excluding hydrogens is 344 g/mol. The third-order valence-electron chi connectivity index (χ3n) is 3.90. The van der Waals surface area contributed by atoms with Crippen LogP contribution in [0.3, 0.4) is 0 Å². The van der Waals surface area contributed by atoms with Crippen LogP contribution in [0.2, 0.25) is 0 Å². The number of carbonyl (C=O) groups is 3. The quantitative estimate of drug-likeness (QED) is 0.570. The minimum absolute atomic E-state index is 0.0644. The third kappa shape index (κ3) is 5.95. The van der Waals surface area contributed by atoms with Crippen molar-refractivity contribution in [2.75, 3.05) is 30.9 Å². The van der Waals surface area contributed by atoms with Crippen LogP contribution in [0, 0.1) is 0 Å². The maximum absolute atomic E-state index is 12.2. The van der Waals surface area contributed by atoms with Gasteiger partial charge < -0.3 is 15.0 Å². The molecule has 0 fully saturated rings. The summed E-state index contributed by atoms with van der Waals surface area (Å²) in [7, 11) is 3.75. The van der Waals surface area contributed by atoms with Crippen LogP contribution in [0.5, 0.6) is 0 Å². The maximum atomic E-state index is 12.2. The van der Waals surface area contributed by atoms with Crippen molar-refractivity contribution in [2.45, 2.75) is 19.8 Å². The molecule has 0 radical (unpaired) electrons. The minimum atomic E-state index is -0.546. The highest BCUT2D eigenvalue weighted by atomic mass is 16.5. The highest BCUT2D eigenvalue weighted by Gasteiger charge is 2.13. The Balaban J connectivity index is 1.92. The summed E-state index contributed by atoms with van der Waals surface area (Å²) in [5.74, 6) is -0.917. The number of ketones is 1. The Morgan fingerprint density at radius 2 is 1.70 bits per heavy atom. The zero-order valence-corrected chi connectivity index (χ0v) is 15.8. The lowest BCUT2D eigenvalue weighted by Gasteiger charge is -2.13. The highest BCUT2D eigenvalue weighted by Crippen LogP contribution is 2.15. The Morgan fingerprint density at radius 3 is 2.33 bits per heavy atom. The number of esters is 1. The number of Topliss-reactive ketones (excluding diaryl/α,β-unsaturated/α-hetero) is 1. The first kappa shape index (κ1) is 20.2. The third-order valence-corrected chi connectivity index (χ3v) is 3.90. The van der Waals surface area contributed by atoms with Gasteiger partial charge in [0.05, 0.1) is 5.56 Å². The average molecular weight is 368 g/mol. The highest BCUT2D eigenvalue weighted by molar-refractivity contribution is 6.00. The van der Waals surface area contributed by atoms with Crippen LogP contribution >= 0.6 is 0 Å². The van der Waals surface area contributed by atoms with Crippen molar-refractivity contribution in [1.29, 1.82) is 0 Å². The summed E-state index contributed by atoms with van der Waals surface area (Å²) in [6, 6.07) is 13.5. The molecule has 0 aliphatic carbocycles. The Morgan fingerprint density at radius 1 is 1.00 bits per heavy atom. The summed E-state index contributed by atoms with van der Waals surface area (Å²) in [6.45, 7) is 1.59.